The summed E-state index contributed by atoms with van der Waals surface area (Å²) in [4.78, 5) is 30.0. The number of nitrogens with zero attached hydrogens (tertiary/aromatic N) is 1. The Labute approximate surface area is 187 Å². The van der Waals surface area contributed by atoms with E-state index < -0.39 is 23.1 Å². The lowest BCUT2D eigenvalue weighted by atomic mass is 9.83. The van der Waals surface area contributed by atoms with Gasteiger partial charge < -0.3 is 20.6 Å². The van der Waals surface area contributed by atoms with Crippen LogP contribution in [0.5, 0.6) is 0 Å². The van der Waals surface area contributed by atoms with Gasteiger partial charge in [0.15, 0.2) is 0 Å². The van der Waals surface area contributed by atoms with Crippen LogP contribution < -0.4 is 16.4 Å². The molecule has 3 aliphatic rings. The van der Waals surface area contributed by atoms with Gasteiger partial charge in [-0.25, -0.2) is 4.79 Å². The summed E-state index contributed by atoms with van der Waals surface area (Å²) in [5.74, 6) is -1.47. The first kappa shape index (κ1) is 23.4. The summed E-state index contributed by atoms with van der Waals surface area (Å²) in [6, 6.07) is -0.564. The number of nitrogens with two attached hydrogens (primary N) is 1. The van der Waals surface area contributed by atoms with Crippen LogP contribution in [-0.4, -0.2) is 34.4 Å². The van der Waals surface area contributed by atoms with Crippen molar-refractivity contribution >= 4 is 29.9 Å². The van der Waals surface area contributed by atoms with Crippen LogP contribution in [0, 0.1) is 0 Å². The zero-order chi connectivity index (χ0) is 22.1. The van der Waals surface area contributed by atoms with Crippen LogP contribution >= 0.6 is 11.8 Å². The molecule has 2 atom stereocenters. The van der Waals surface area contributed by atoms with E-state index in [1.165, 1.54) is 24.6 Å². The van der Waals surface area contributed by atoms with E-state index in [1.54, 1.807) is 11.6 Å². The molecule has 3 rings (SSSR count). The third-order valence-corrected chi connectivity index (χ3v) is 6.59. The van der Waals surface area contributed by atoms with Gasteiger partial charge in [-0.3, -0.25) is 10.5 Å². The Hall–Kier alpha value is -2.26. The van der Waals surface area contributed by atoms with Crippen LogP contribution in [0.15, 0.2) is 39.6 Å². The molecule has 2 unspecified atom stereocenters. The van der Waals surface area contributed by atoms with Crippen LogP contribution in [0.25, 0.3) is 0 Å². The number of aliphatic carboxylic acids is 1. The summed E-state index contributed by atoms with van der Waals surface area (Å²) in [6.07, 6.45) is 15.5. The average molecular weight is 449 g/mol. The van der Waals surface area contributed by atoms with Crippen molar-refractivity contribution in [3.8, 4) is 0 Å². The van der Waals surface area contributed by atoms with Crippen LogP contribution in [0.3, 0.4) is 0 Å². The molecule has 170 valence electrons. The maximum absolute atomic E-state index is 12.5. The Bertz CT molecular complexity index is 782. The second kappa shape index (κ2) is 11.4. The van der Waals surface area contributed by atoms with Crippen LogP contribution in [0.2, 0.25) is 0 Å². The fourth-order valence-corrected chi connectivity index (χ4v) is 4.83. The molecule has 0 aromatic heterocycles. The van der Waals surface area contributed by atoms with Crippen molar-refractivity contribution in [2.45, 2.75) is 81.9 Å². The number of nitrogens with one attached hydrogen (secondary N) is 2. The van der Waals surface area contributed by atoms with E-state index in [0.29, 0.717) is 12.0 Å². The lowest BCUT2D eigenvalue weighted by Crippen LogP contribution is -2.47. The third kappa shape index (κ3) is 6.87. The average Bonchev–Trinajstić information content (AvgIpc) is 3.10. The summed E-state index contributed by atoms with van der Waals surface area (Å²) in [5.41, 5.74) is 8.26. The highest BCUT2D eigenvalue weighted by Crippen LogP contribution is 2.33. The number of carboxylic acid groups (broad SMARTS) is 1. The lowest BCUT2D eigenvalue weighted by Gasteiger charge is -2.26. The van der Waals surface area contributed by atoms with Gasteiger partial charge in [-0.1, -0.05) is 36.9 Å². The first-order valence-electron chi connectivity index (χ1n) is 11.1. The highest BCUT2D eigenvalue weighted by molar-refractivity contribution is 8.03. The van der Waals surface area contributed by atoms with Crippen molar-refractivity contribution < 1.29 is 19.5 Å². The van der Waals surface area contributed by atoms with Gasteiger partial charge in [0.1, 0.15) is 6.21 Å². The number of carbonyl (C=O) groups excluding carboxylic acids is 1. The zero-order valence-electron chi connectivity index (χ0n) is 17.8. The van der Waals surface area contributed by atoms with Crippen molar-refractivity contribution in [1.29, 1.82) is 0 Å². The molecule has 0 saturated carbocycles. The van der Waals surface area contributed by atoms with Crippen molar-refractivity contribution in [3.63, 3.8) is 0 Å². The maximum atomic E-state index is 12.5. The van der Waals surface area contributed by atoms with Gasteiger partial charge in [-0.05, 0) is 73.3 Å². The molecule has 31 heavy (non-hydrogen) atoms. The molecule has 0 aromatic rings. The van der Waals surface area contributed by atoms with Crippen LogP contribution in [0.1, 0.15) is 70.6 Å². The Morgan fingerprint density at radius 3 is 2.77 bits per heavy atom. The Balaban J connectivity index is 1.77. The number of hydrogen-bond donors (Lipinski definition) is 4. The number of rotatable bonds is 6. The standard InChI is InChI=1S/C22H32N4O4S/c23-22(24-13-14-31-22)30-25-15-19(27)26-18-12-8-4-7-11-17(20(18)21(28)29)16-9-5-2-1-3-6-10-16/h9,13-15,18,24H,1-8,10-12,23H2,(H,26,27)(H,28,29). The third-order valence-electron chi connectivity index (χ3n) is 5.77. The van der Waals surface area contributed by atoms with Gasteiger partial charge >= 0.3 is 11.2 Å². The quantitative estimate of drug-likeness (QED) is 0.278. The van der Waals surface area contributed by atoms with E-state index in [4.69, 9.17) is 10.6 Å². The monoisotopic (exact) mass is 448 g/mol. The molecule has 0 fully saturated rings. The SMILES string of the molecule is NC1(ON=CC(=O)NC2CCCCCC(C3=CCCCCCC3)=C2C(=O)O)NC=CS1. The van der Waals surface area contributed by atoms with Crippen LogP contribution in [0.4, 0.5) is 0 Å². The molecule has 2 aliphatic carbocycles. The zero-order valence-corrected chi connectivity index (χ0v) is 18.6. The number of carboxylic acids is 1. The van der Waals surface area contributed by atoms with E-state index >= 15 is 0 Å². The predicted molar refractivity (Wildman–Crippen MR) is 122 cm³/mol. The maximum Gasteiger partial charge on any atom is 0.333 e. The summed E-state index contributed by atoms with van der Waals surface area (Å²) >= 11 is 1.19. The fraction of sp³-hybridized carbons (Fsp3) is 0.591. The second-order valence-electron chi connectivity index (χ2n) is 8.10. The van der Waals surface area contributed by atoms with Gasteiger partial charge in [0.2, 0.25) is 0 Å². The Kier molecular flexibility index (Phi) is 8.60. The highest BCUT2D eigenvalue weighted by atomic mass is 32.2. The number of oxime groups is 1. The molecule has 0 aromatic carbocycles. The van der Waals surface area contributed by atoms with Crippen molar-refractivity contribution in [2.75, 3.05) is 0 Å². The molecular formula is C22H32N4O4S. The first-order valence-corrected chi connectivity index (χ1v) is 11.9. The molecule has 8 nitrogen and oxygen atoms in total. The largest absolute Gasteiger partial charge is 0.478 e. The summed E-state index contributed by atoms with van der Waals surface area (Å²) in [7, 11) is 0. The molecule has 1 amide bonds. The molecule has 5 N–H and O–H groups in total. The number of thioether (sulfide) groups is 1. The fourth-order valence-electron chi connectivity index (χ4n) is 4.27. The van der Waals surface area contributed by atoms with E-state index in [0.717, 1.165) is 68.7 Å². The van der Waals surface area contributed by atoms with Gasteiger partial charge in [-0.15, -0.1) is 0 Å². The smallest absolute Gasteiger partial charge is 0.333 e. The number of allylic oxidation sites excluding steroid dienone is 3. The van der Waals surface area contributed by atoms with E-state index in [2.05, 4.69) is 21.9 Å². The highest BCUT2D eigenvalue weighted by Gasteiger charge is 2.30. The number of amides is 1. The van der Waals surface area contributed by atoms with E-state index in [9.17, 15) is 14.7 Å². The van der Waals surface area contributed by atoms with E-state index in [-0.39, 0.29) is 0 Å². The van der Waals surface area contributed by atoms with Gasteiger partial charge in [0.05, 0.1) is 11.6 Å². The molecule has 0 saturated heterocycles. The lowest BCUT2D eigenvalue weighted by molar-refractivity contribution is -0.133. The normalized spacial score (nSPS) is 27.5. The molecular weight excluding hydrogens is 416 g/mol. The van der Waals surface area contributed by atoms with Crippen LogP contribution in [-0.2, 0) is 14.4 Å². The topological polar surface area (TPSA) is 126 Å². The van der Waals surface area contributed by atoms with Crippen molar-refractivity contribution in [1.82, 2.24) is 10.6 Å². The summed E-state index contributed by atoms with van der Waals surface area (Å²) in [5, 5.41) is 19.9. The Morgan fingerprint density at radius 1 is 1.23 bits per heavy atom. The minimum Gasteiger partial charge on any atom is -0.478 e. The molecule has 1 heterocycles. The number of carbonyl (C=O) groups is 2. The van der Waals surface area contributed by atoms with Gasteiger partial charge in [0.25, 0.3) is 5.91 Å². The molecule has 0 bridgehead atoms. The van der Waals surface area contributed by atoms with Crippen molar-refractivity contribution in [2.24, 2.45) is 10.9 Å². The first-order chi connectivity index (χ1) is 15.0. The van der Waals surface area contributed by atoms with E-state index in [1.807, 2.05) is 0 Å². The molecule has 9 heteroatoms. The molecule has 0 spiro atoms. The predicted octanol–water partition coefficient (Wildman–Crippen LogP) is 3.48. The van der Waals surface area contributed by atoms with Crippen molar-refractivity contribution in [3.05, 3.63) is 34.4 Å². The second-order valence-corrected chi connectivity index (χ2v) is 9.21. The molecule has 1 aliphatic heterocycles. The Morgan fingerprint density at radius 2 is 2.00 bits per heavy atom. The van der Waals surface area contributed by atoms with Gasteiger partial charge in [-0.2, -0.15) is 0 Å². The molecule has 0 radical (unpaired) electrons. The number of hydrogen-bond acceptors (Lipinski definition) is 7. The minimum atomic E-state index is -1.24. The summed E-state index contributed by atoms with van der Waals surface area (Å²) in [6.45, 7) is 0. The van der Waals surface area contributed by atoms with Gasteiger partial charge in [0, 0.05) is 6.20 Å². The minimum absolute atomic E-state index is 0.321. The summed E-state index contributed by atoms with van der Waals surface area (Å²) < 4.78 is 0.